The van der Waals surface area contributed by atoms with Crippen LogP contribution in [0.25, 0.3) is 61.0 Å². The summed E-state index contributed by atoms with van der Waals surface area (Å²) < 4.78 is 9.49. The van der Waals surface area contributed by atoms with Crippen molar-refractivity contribution in [3.63, 3.8) is 0 Å². The van der Waals surface area contributed by atoms with Crippen LogP contribution in [0.1, 0.15) is 48.9 Å². The number of para-hydroxylation sites is 4. The molecule has 0 saturated heterocycles. The molecule has 3 heterocycles. The van der Waals surface area contributed by atoms with Gasteiger partial charge in [-0.25, -0.2) is 4.98 Å². The molecule has 0 radical (unpaired) electrons. The lowest BCUT2D eigenvalue weighted by Crippen LogP contribution is -2.25. The van der Waals surface area contributed by atoms with E-state index in [4.69, 9.17) is 9.72 Å². The minimum absolute atomic E-state index is 0.0123. The number of hydrogen-bond donors (Lipinski definition) is 0. The summed E-state index contributed by atoms with van der Waals surface area (Å²) in [7, 11) is 0. The molecular weight excluding hydrogens is 853 g/mol. The lowest BCUT2D eigenvalue weighted by molar-refractivity contribution is 0.482. The van der Waals surface area contributed by atoms with Crippen LogP contribution in [0.4, 0.5) is 22.7 Å². The molecule has 0 unspecified atom stereocenters. The highest BCUT2D eigenvalue weighted by atomic mass is 16.5. The van der Waals surface area contributed by atoms with Crippen molar-refractivity contribution >= 4 is 44.6 Å². The fraction of sp³-hybridized carbons (Fsp3) is 0.0923. The molecule has 5 heteroatoms. The number of fused-ring (bicyclic) bond motifs is 7. The van der Waals surface area contributed by atoms with Gasteiger partial charge in [0.05, 0.1) is 28.1 Å². The molecule has 5 nitrogen and oxygen atoms in total. The zero-order valence-corrected chi connectivity index (χ0v) is 39.4. The molecule has 9 aromatic carbocycles. The summed E-state index contributed by atoms with van der Waals surface area (Å²) in [6.07, 6.45) is 1.93. The molecule has 0 bridgehead atoms. The van der Waals surface area contributed by atoms with Crippen LogP contribution in [0.2, 0.25) is 0 Å². The number of anilines is 4. The van der Waals surface area contributed by atoms with Gasteiger partial charge in [0.15, 0.2) is 0 Å². The maximum Gasteiger partial charge on any atom is 0.137 e. The molecule has 0 N–H and O–H groups in total. The SMILES string of the molecule is CC(C)(C)c1ccnc(-n2c3ccccc3c3ccc(Oc4cc(C5c6ccccc6-c6ccccc65)cc(N5CN(c6c(-c7ccccc7)cccc6-c6ccccc6)c6ccccc65)c4)cc32)c1. The molecule has 0 atom stereocenters. The molecule has 70 heavy (non-hydrogen) atoms. The molecule has 2 aliphatic rings. The Balaban J connectivity index is 0.982. The number of pyridine rings is 1. The third kappa shape index (κ3) is 6.96. The van der Waals surface area contributed by atoms with Crippen LogP contribution >= 0.6 is 0 Å². The van der Waals surface area contributed by atoms with E-state index >= 15 is 0 Å². The molecule has 13 rings (SSSR count). The van der Waals surface area contributed by atoms with E-state index in [2.05, 4.69) is 260 Å². The van der Waals surface area contributed by atoms with Crippen molar-refractivity contribution in [1.29, 1.82) is 0 Å². The largest absolute Gasteiger partial charge is 0.457 e. The number of hydrogen-bond acceptors (Lipinski definition) is 4. The van der Waals surface area contributed by atoms with Crippen LogP contribution < -0.4 is 14.5 Å². The molecule has 0 spiro atoms. The monoisotopic (exact) mass is 902 g/mol. The van der Waals surface area contributed by atoms with Gasteiger partial charge in [0.2, 0.25) is 0 Å². The summed E-state index contributed by atoms with van der Waals surface area (Å²) in [5.74, 6) is 2.43. The third-order valence-electron chi connectivity index (χ3n) is 14.3. The van der Waals surface area contributed by atoms with Crippen LogP contribution in [-0.2, 0) is 5.41 Å². The predicted octanol–water partition coefficient (Wildman–Crippen LogP) is 17.0. The van der Waals surface area contributed by atoms with Gasteiger partial charge in [0, 0.05) is 51.8 Å². The fourth-order valence-electron chi connectivity index (χ4n) is 11.1. The second-order valence-electron chi connectivity index (χ2n) is 19.6. The highest BCUT2D eigenvalue weighted by Crippen LogP contribution is 2.53. The van der Waals surface area contributed by atoms with Gasteiger partial charge in [-0.05, 0) is 105 Å². The highest BCUT2D eigenvalue weighted by molar-refractivity contribution is 6.09. The van der Waals surface area contributed by atoms with Crippen LogP contribution in [0.3, 0.4) is 0 Å². The number of rotatable bonds is 8. The van der Waals surface area contributed by atoms with Gasteiger partial charge in [-0.3, -0.25) is 4.57 Å². The molecule has 0 amide bonds. The Morgan fingerprint density at radius 3 is 1.74 bits per heavy atom. The van der Waals surface area contributed by atoms with Gasteiger partial charge in [0.1, 0.15) is 24.0 Å². The Bertz CT molecular complexity index is 3690. The van der Waals surface area contributed by atoms with Gasteiger partial charge >= 0.3 is 0 Å². The molecule has 11 aromatic rings. The van der Waals surface area contributed by atoms with E-state index in [1.807, 2.05) is 6.20 Å². The first-order valence-electron chi connectivity index (χ1n) is 24.2. The number of benzene rings is 9. The van der Waals surface area contributed by atoms with Crippen LogP contribution in [0.15, 0.2) is 231 Å². The number of aromatic nitrogens is 2. The maximum atomic E-state index is 7.21. The van der Waals surface area contributed by atoms with E-state index in [1.165, 1.54) is 66.7 Å². The van der Waals surface area contributed by atoms with Crippen LogP contribution in [0.5, 0.6) is 11.5 Å². The highest BCUT2D eigenvalue weighted by Gasteiger charge is 2.34. The Morgan fingerprint density at radius 2 is 1.06 bits per heavy atom. The second-order valence-corrected chi connectivity index (χ2v) is 19.6. The van der Waals surface area contributed by atoms with E-state index in [-0.39, 0.29) is 11.3 Å². The van der Waals surface area contributed by atoms with Crippen molar-refractivity contribution in [2.24, 2.45) is 0 Å². The molecule has 2 aromatic heterocycles. The van der Waals surface area contributed by atoms with Gasteiger partial charge < -0.3 is 14.5 Å². The maximum absolute atomic E-state index is 7.21. The van der Waals surface area contributed by atoms with Gasteiger partial charge in [0.25, 0.3) is 0 Å². The first kappa shape index (κ1) is 41.5. The molecule has 336 valence electrons. The zero-order valence-electron chi connectivity index (χ0n) is 39.4. The number of nitrogens with zero attached hydrogens (tertiary/aromatic N) is 4. The lowest BCUT2D eigenvalue weighted by Gasteiger charge is -2.28. The van der Waals surface area contributed by atoms with Crippen molar-refractivity contribution in [2.45, 2.75) is 32.1 Å². The third-order valence-corrected chi connectivity index (χ3v) is 14.3. The molecule has 1 aliphatic carbocycles. The van der Waals surface area contributed by atoms with E-state index < -0.39 is 0 Å². The van der Waals surface area contributed by atoms with Gasteiger partial charge in [-0.2, -0.15) is 0 Å². The molecule has 0 saturated carbocycles. The minimum Gasteiger partial charge on any atom is -0.457 e. The summed E-state index contributed by atoms with van der Waals surface area (Å²) in [6.45, 7) is 7.34. The van der Waals surface area contributed by atoms with Crippen molar-refractivity contribution in [3.8, 4) is 50.7 Å². The standard InChI is InChI=1S/C65H50N4O/c1-65(2,3)46-35-36-66-62(39-46)69-58-30-15-14-25-54(58)55-34-33-48(41-61(55)69)70-49-38-45(63-56-26-12-10-23-52(56)53-24-11-13-27-57(53)63)37-47(40-49)67-42-68(60-32-17-16-31-59(60)67)64-50(43-19-6-4-7-20-43)28-18-29-51(64)44-21-8-5-9-22-44/h4-41,63H,42H2,1-3H3. The number of ether oxygens (including phenoxy) is 1. The zero-order chi connectivity index (χ0) is 46.9. The summed E-state index contributed by atoms with van der Waals surface area (Å²) in [5.41, 5.74) is 18.9. The Kier molecular flexibility index (Phi) is 9.81. The summed E-state index contributed by atoms with van der Waals surface area (Å²) in [6, 6.07) is 81.2. The summed E-state index contributed by atoms with van der Waals surface area (Å²) in [5, 5.41) is 2.33. The topological polar surface area (TPSA) is 33.5 Å². The Morgan fingerprint density at radius 1 is 0.471 bits per heavy atom. The first-order chi connectivity index (χ1) is 34.4. The molecule has 0 fully saturated rings. The van der Waals surface area contributed by atoms with Crippen molar-refractivity contribution < 1.29 is 4.74 Å². The van der Waals surface area contributed by atoms with Gasteiger partial charge in [-0.15, -0.1) is 0 Å². The predicted molar refractivity (Wildman–Crippen MR) is 290 cm³/mol. The quantitative estimate of drug-likeness (QED) is 0.152. The van der Waals surface area contributed by atoms with Crippen molar-refractivity contribution in [1.82, 2.24) is 9.55 Å². The van der Waals surface area contributed by atoms with E-state index in [9.17, 15) is 0 Å². The average Bonchev–Trinajstić information content (AvgIpc) is 4.07. The van der Waals surface area contributed by atoms with Crippen LogP contribution in [0, 0.1) is 0 Å². The smallest absolute Gasteiger partial charge is 0.137 e. The Labute approximate surface area is 409 Å². The molecule has 1 aliphatic heterocycles. The van der Waals surface area contributed by atoms with E-state index in [0.29, 0.717) is 6.67 Å². The first-order valence-corrected chi connectivity index (χ1v) is 24.2. The lowest BCUT2D eigenvalue weighted by atomic mass is 9.88. The minimum atomic E-state index is -0.0316. The molecular formula is C65H50N4O. The van der Waals surface area contributed by atoms with Gasteiger partial charge in [-0.1, -0.05) is 178 Å². The van der Waals surface area contributed by atoms with Crippen LogP contribution in [-0.4, -0.2) is 16.2 Å². The van der Waals surface area contributed by atoms with E-state index in [1.54, 1.807) is 0 Å². The summed E-state index contributed by atoms with van der Waals surface area (Å²) in [4.78, 5) is 9.93. The Hall–Kier alpha value is -8.67. The fourth-order valence-corrected chi connectivity index (χ4v) is 11.1. The average molecular weight is 903 g/mol. The second kappa shape index (κ2) is 16.5. The normalized spacial score (nSPS) is 13.2. The van der Waals surface area contributed by atoms with Crippen molar-refractivity contribution in [2.75, 3.05) is 16.5 Å². The van der Waals surface area contributed by atoms with E-state index in [0.717, 1.165) is 50.8 Å². The summed E-state index contributed by atoms with van der Waals surface area (Å²) >= 11 is 0. The van der Waals surface area contributed by atoms with Crippen molar-refractivity contribution in [3.05, 3.63) is 253 Å².